The first-order valence-corrected chi connectivity index (χ1v) is 6.02. The van der Waals surface area contributed by atoms with Gasteiger partial charge in [-0.15, -0.1) is 6.58 Å². The predicted octanol–water partition coefficient (Wildman–Crippen LogP) is 4.40. The van der Waals surface area contributed by atoms with E-state index in [1.165, 1.54) is 11.1 Å². The Hall–Kier alpha value is -0.820. The third-order valence-electron chi connectivity index (χ3n) is 2.67. The molecule has 0 bridgehead atoms. The molecule has 0 radical (unpaired) electrons. The molecule has 0 amide bonds. The Morgan fingerprint density at radius 2 is 1.81 bits per heavy atom. The van der Waals surface area contributed by atoms with E-state index in [9.17, 15) is 5.11 Å². The van der Waals surface area contributed by atoms with Gasteiger partial charge in [0, 0.05) is 0 Å². The fourth-order valence-electron chi connectivity index (χ4n) is 1.40. The molecule has 1 atom stereocenters. The molecule has 0 aliphatic heterocycles. The maximum absolute atomic E-state index is 9.73. The molecular weight excluding hydrogens is 196 g/mol. The Bertz CT molecular complexity index is 265. The molecule has 0 aromatic carbocycles. The Kier molecular flexibility index (Phi) is 7.07. The summed E-state index contributed by atoms with van der Waals surface area (Å²) in [6, 6.07) is 0. The molecule has 0 heterocycles. The van der Waals surface area contributed by atoms with Crippen molar-refractivity contribution in [2.45, 2.75) is 59.0 Å². The van der Waals surface area contributed by atoms with Gasteiger partial charge in [-0.3, -0.25) is 0 Å². The van der Waals surface area contributed by atoms with E-state index in [0.717, 1.165) is 25.7 Å². The SMILES string of the molecule is C=C[C@](C)(O)CC/C=C(/C)CCC=C(C)C. The fraction of sp³-hybridized carbons (Fsp3) is 0.600. The van der Waals surface area contributed by atoms with E-state index in [0.29, 0.717) is 0 Å². The lowest BCUT2D eigenvalue weighted by atomic mass is 9.99. The van der Waals surface area contributed by atoms with Crippen molar-refractivity contribution in [2.24, 2.45) is 0 Å². The van der Waals surface area contributed by atoms with E-state index in [1.807, 2.05) is 0 Å². The minimum absolute atomic E-state index is 0.726. The summed E-state index contributed by atoms with van der Waals surface area (Å²) < 4.78 is 0. The average molecular weight is 222 g/mol. The van der Waals surface area contributed by atoms with Crippen LogP contribution in [0.2, 0.25) is 0 Å². The molecule has 0 aliphatic carbocycles. The van der Waals surface area contributed by atoms with Crippen molar-refractivity contribution in [2.75, 3.05) is 0 Å². The first-order chi connectivity index (χ1) is 7.37. The van der Waals surface area contributed by atoms with Crippen LogP contribution in [0.15, 0.2) is 36.0 Å². The summed E-state index contributed by atoms with van der Waals surface area (Å²) in [5.41, 5.74) is 2.05. The second-order valence-electron chi connectivity index (χ2n) is 4.97. The van der Waals surface area contributed by atoms with Crippen LogP contribution in [0, 0.1) is 0 Å². The molecule has 0 aliphatic rings. The molecule has 0 aromatic heterocycles. The fourth-order valence-corrected chi connectivity index (χ4v) is 1.40. The van der Waals surface area contributed by atoms with Crippen LogP contribution in [0.3, 0.4) is 0 Å². The van der Waals surface area contributed by atoms with Gasteiger partial charge in [-0.2, -0.15) is 0 Å². The molecule has 0 saturated carbocycles. The molecule has 0 fully saturated rings. The topological polar surface area (TPSA) is 20.2 Å². The van der Waals surface area contributed by atoms with E-state index >= 15 is 0 Å². The Morgan fingerprint density at radius 1 is 1.19 bits per heavy atom. The molecule has 1 heteroatoms. The number of rotatable bonds is 7. The zero-order valence-corrected chi connectivity index (χ0v) is 11.2. The van der Waals surface area contributed by atoms with E-state index in [4.69, 9.17) is 0 Å². The normalized spacial score (nSPS) is 15.4. The summed E-state index contributed by atoms with van der Waals surface area (Å²) in [5, 5.41) is 9.73. The predicted molar refractivity (Wildman–Crippen MR) is 72.5 cm³/mol. The summed E-state index contributed by atoms with van der Waals surface area (Å²) >= 11 is 0. The highest BCUT2D eigenvalue weighted by molar-refractivity contribution is 5.03. The summed E-state index contributed by atoms with van der Waals surface area (Å²) in [4.78, 5) is 0. The van der Waals surface area contributed by atoms with E-state index < -0.39 is 5.60 Å². The maximum atomic E-state index is 9.73. The first kappa shape index (κ1) is 15.2. The lowest BCUT2D eigenvalue weighted by Crippen LogP contribution is -2.19. The summed E-state index contributed by atoms with van der Waals surface area (Å²) in [6.45, 7) is 11.8. The van der Waals surface area contributed by atoms with Crippen LogP contribution in [-0.4, -0.2) is 10.7 Å². The van der Waals surface area contributed by atoms with Gasteiger partial charge in [-0.05, 0) is 53.4 Å². The van der Waals surface area contributed by atoms with Gasteiger partial charge in [0.1, 0.15) is 0 Å². The maximum Gasteiger partial charge on any atom is 0.0800 e. The molecule has 0 saturated heterocycles. The Labute approximate surface area is 101 Å². The summed E-state index contributed by atoms with van der Waals surface area (Å²) in [7, 11) is 0. The molecule has 1 nitrogen and oxygen atoms in total. The van der Waals surface area contributed by atoms with Gasteiger partial charge in [0.15, 0.2) is 0 Å². The van der Waals surface area contributed by atoms with Crippen LogP contribution >= 0.6 is 0 Å². The molecule has 0 rings (SSSR count). The zero-order valence-electron chi connectivity index (χ0n) is 11.2. The lowest BCUT2D eigenvalue weighted by Gasteiger charge is -2.16. The van der Waals surface area contributed by atoms with Crippen LogP contribution in [0.25, 0.3) is 0 Å². The van der Waals surface area contributed by atoms with Gasteiger partial charge in [-0.1, -0.05) is 29.4 Å². The van der Waals surface area contributed by atoms with Crippen LogP contribution < -0.4 is 0 Å². The molecular formula is C15H26O. The van der Waals surface area contributed by atoms with Gasteiger partial charge in [0.25, 0.3) is 0 Å². The Morgan fingerprint density at radius 3 is 2.31 bits per heavy atom. The highest BCUT2D eigenvalue weighted by atomic mass is 16.3. The van der Waals surface area contributed by atoms with Crippen LogP contribution in [0.5, 0.6) is 0 Å². The highest BCUT2D eigenvalue weighted by Crippen LogP contribution is 2.15. The number of hydrogen-bond acceptors (Lipinski definition) is 1. The molecule has 16 heavy (non-hydrogen) atoms. The monoisotopic (exact) mass is 222 g/mol. The van der Waals surface area contributed by atoms with Crippen molar-refractivity contribution in [1.82, 2.24) is 0 Å². The van der Waals surface area contributed by atoms with Gasteiger partial charge in [0.05, 0.1) is 5.60 Å². The van der Waals surface area contributed by atoms with Crippen molar-refractivity contribution in [3.63, 3.8) is 0 Å². The molecule has 0 aromatic rings. The van der Waals surface area contributed by atoms with Crippen molar-refractivity contribution in [3.8, 4) is 0 Å². The largest absolute Gasteiger partial charge is 0.386 e. The van der Waals surface area contributed by atoms with E-state index in [2.05, 4.69) is 39.5 Å². The van der Waals surface area contributed by atoms with Crippen molar-refractivity contribution in [1.29, 1.82) is 0 Å². The van der Waals surface area contributed by atoms with E-state index in [-0.39, 0.29) is 0 Å². The minimum atomic E-state index is -0.726. The summed E-state index contributed by atoms with van der Waals surface area (Å²) in [5.74, 6) is 0. The number of hydrogen-bond donors (Lipinski definition) is 1. The molecule has 1 N–H and O–H groups in total. The zero-order chi connectivity index (χ0) is 12.6. The smallest absolute Gasteiger partial charge is 0.0800 e. The quantitative estimate of drug-likeness (QED) is 0.633. The van der Waals surface area contributed by atoms with Crippen LogP contribution in [-0.2, 0) is 0 Å². The average Bonchev–Trinajstić information content (AvgIpc) is 2.17. The first-order valence-electron chi connectivity index (χ1n) is 6.02. The van der Waals surface area contributed by atoms with Gasteiger partial charge < -0.3 is 5.11 Å². The van der Waals surface area contributed by atoms with Crippen LogP contribution in [0.4, 0.5) is 0 Å². The van der Waals surface area contributed by atoms with Gasteiger partial charge in [0.2, 0.25) is 0 Å². The second kappa shape index (κ2) is 7.45. The number of allylic oxidation sites excluding steroid dienone is 4. The lowest BCUT2D eigenvalue weighted by molar-refractivity contribution is 0.103. The molecule has 0 spiro atoms. The van der Waals surface area contributed by atoms with Crippen molar-refractivity contribution < 1.29 is 5.11 Å². The third-order valence-corrected chi connectivity index (χ3v) is 2.67. The molecule has 0 unspecified atom stereocenters. The van der Waals surface area contributed by atoms with Gasteiger partial charge >= 0.3 is 0 Å². The van der Waals surface area contributed by atoms with E-state index in [1.54, 1.807) is 13.0 Å². The van der Waals surface area contributed by atoms with Crippen molar-refractivity contribution >= 4 is 0 Å². The van der Waals surface area contributed by atoms with Crippen LogP contribution in [0.1, 0.15) is 53.4 Å². The standard InChI is InChI=1S/C15H26O/c1-6-15(5,16)12-8-11-14(4)10-7-9-13(2)3/h6,9,11,16H,1,7-8,10,12H2,2-5H3/b14-11-/t15-/m0/s1. The highest BCUT2D eigenvalue weighted by Gasteiger charge is 2.12. The third kappa shape index (κ3) is 8.49. The summed E-state index contributed by atoms with van der Waals surface area (Å²) in [6.07, 6.45) is 9.98. The van der Waals surface area contributed by atoms with Gasteiger partial charge in [-0.25, -0.2) is 0 Å². The second-order valence-corrected chi connectivity index (χ2v) is 4.97. The minimum Gasteiger partial charge on any atom is -0.386 e. The Balaban J connectivity index is 3.88. The van der Waals surface area contributed by atoms with Crippen molar-refractivity contribution in [3.05, 3.63) is 36.0 Å². The molecule has 92 valence electrons. The number of aliphatic hydroxyl groups is 1.